The second-order valence-electron chi connectivity index (χ2n) is 14.0. The number of nitrogens with zero attached hydrogens (tertiary/aromatic N) is 9. The average molecular weight is 715 g/mol. The van der Waals surface area contributed by atoms with E-state index in [-0.39, 0.29) is 23.6 Å². The van der Waals surface area contributed by atoms with Crippen LogP contribution < -0.4 is 10.6 Å². The van der Waals surface area contributed by atoms with Gasteiger partial charge in [0.1, 0.15) is 5.75 Å². The highest BCUT2D eigenvalue weighted by Gasteiger charge is 2.28. The van der Waals surface area contributed by atoms with E-state index in [4.69, 9.17) is 15.7 Å². The number of para-hydroxylation sites is 1. The third-order valence-electron chi connectivity index (χ3n) is 10.7. The van der Waals surface area contributed by atoms with Gasteiger partial charge in [0.05, 0.1) is 33.3 Å². The maximum absolute atomic E-state index is 13.3. The minimum absolute atomic E-state index is 0.131. The first-order valence-corrected chi connectivity index (χ1v) is 18.8. The molecule has 1 atom stereocenters. The van der Waals surface area contributed by atoms with Crippen LogP contribution in [-0.4, -0.2) is 77.0 Å². The highest BCUT2D eigenvalue weighted by molar-refractivity contribution is 7.13. The number of phenols is 1. The number of hydrogen-bond acceptors (Lipinski definition) is 11. The Morgan fingerprint density at radius 3 is 2.38 bits per heavy atom. The van der Waals surface area contributed by atoms with Gasteiger partial charge in [-0.05, 0) is 79.3 Å². The first kappa shape index (κ1) is 33.7. The molecule has 2 aliphatic heterocycles. The predicted octanol–water partition coefficient (Wildman–Crippen LogP) is 6.74. The lowest BCUT2D eigenvalue weighted by atomic mass is 9.90. The first-order valence-electron chi connectivity index (χ1n) is 18.0. The number of thiazole rings is 1. The van der Waals surface area contributed by atoms with E-state index in [1.165, 1.54) is 16.0 Å². The summed E-state index contributed by atoms with van der Waals surface area (Å²) < 4.78 is 1.96. The highest BCUT2D eigenvalue weighted by Crippen LogP contribution is 2.35. The third kappa shape index (κ3) is 6.68. The van der Waals surface area contributed by atoms with E-state index in [1.54, 1.807) is 23.5 Å². The second-order valence-corrected chi connectivity index (χ2v) is 14.8. The van der Waals surface area contributed by atoms with Crippen LogP contribution in [0.4, 0.5) is 11.8 Å². The van der Waals surface area contributed by atoms with Gasteiger partial charge in [-0.2, -0.15) is 5.10 Å². The number of likely N-dealkylation sites (tertiary alicyclic amines) is 1. The molecule has 12 nitrogen and oxygen atoms in total. The molecule has 6 aromatic rings. The number of benzene rings is 2. The van der Waals surface area contributed by atoms with Crippen molar-refractivity contribution in [3.63, 3.8) is 0 Å². The van der Waals surface area contributed by atoms with Gasteiger partial charge in [0.15, 0.2) is 11.3 Å². The first-order chi connectivity index (χ1) is 25.3. The van der Waals surface area contributed by atoms with Gasteiger partial charge in [-0.3, -0.25) is 9.48 Å². The fourth-order valence-corrected chi connectivity index (χ4v) is 8.40. The summed E-state index contributed by atoms with van der Waals surface area (Å²) in [5.41, 5.74) is 15.2. The summed E-state index contributed by atoms with van der Waals surface area (Å²) in [6.07, 6.45) is 7.96. The smallest absolute Gasteiger partial charge is 0.225 e. The molecule has 6 heterocycles. The lowest BCUT2D eigenvalue weighted by molar-refractivity contribution is -0.132. The Bertz CT molecular complexity index is 2180. The summed E-state index contributed by atoms with van der Waals surface area (Å²) >= 11 is 1.66. The molecule has 0 aliphatic carbocycles. The fourth-order valence-electron chi connectivity index (χ4n) is 7.59. The van der Waals surface area contributed by atoms with E-state index in [1.807, 2.05) is 52.6 Å². The number of aromatic hydroxyl groups is 1. The molecule has 0 bridgehead atoms. The molecule has 0 unspecified atom stereocenters. The van der Waals surface area contributed by atoms with Crippen LogP contribution in [0.1, 0.15) is 73.7 Å². The van der Waals surface area contributed by atoms with Crippen LogP contribution in [0.25, 0.3) is 32.7 Å². The summed E-state index contributed by atoms with van der Waals surface area (Å²) in [6, 6.07) is 17.7. The van der Waals surface area contributed by atoms with Crippen LogP contribution in [0.15, 0.2) is 72.5 Å². The number of aromatic nitrogens is 7. The Hall–Kier alpha value is -5.43. The van der Waals surface area contributed by atoms with Gasteiger partial charge in [-0.25, -0.2) is 15.0 Å². The Morgan fingerprint density at radius 2 is 1.69 bits per heavy atom. The average Bonchev–Trinajstić information content (AvgIpc) is 3.77. The van der Waals surface area contributed by atoms with Crippen molar-refractivity contribution in [3.05, 3.63) is 89.3 Å². The van der Waals surface area contributed by atoms with Gasteiger partial charge < -0.3 is 20.6 Å². The van der Waals surface area contributed by atoms with Gasteiger partial charge in [-0.1, -0.05) is 43.3 Å². The monoisotopic (exact) mass is 714 g/mol. The van der Waals surface area contributed by atoms with Crippen molar-refractivity contribution in [1.82, 2.24) is 39.8 Å². The Kier molecular flexibility index (Phi) is 9.27. The zero-order valence-corrected chi connectivity index (χ0v) is 30.2. The molecule has 4 aromatic heterocycles. The van der Waals surface area contributed by atoms with Gasteiger partial charge in [-0.15, -0.1) is 21.5 Å². The molecule has 52 heavy (non-hydrogen) atoms. The zero-order valence-electron chi connectivity index (χ0n) is 29.4. The summed E-state index contributed by atoms with van der Waals surface area (Å²) in [7, 11) is 0. The predicted molar refractivity (Wildman–Crippen MR) is 203 cm³/mol. The molecule has 2 fully saturated rings. The molecule has 0 saturated carbocycles. The van der Waals surface area contributed by atoms with E-state index >= 15 is 0 Å². The van der Waals surface area contributed by atoms with Crippen molar-refractivity contribution in [1.29, 1.82) is 0 Å². The lowest BCUT2D eigenvalue weighted by Gasteiger charge is -2.33. The fraction of sp³-hybridized carbons (Fsp3) is 0.359. The van der Waals surface area contributed by atoms with Crippen LogP contribution in [0.3, 0.4) is 0 Å². The summed E-state index contributed by atoms with van der Waals surface area (Å²) in [5, 5.41) is 23.7. The standard InChI is InChI=1S/C39H42N10O2S/c1-24(26-7-9-28(10-8-26)37-25(2)43-23-52-37)19-35(51)47-15-11-27(12-16-47)29-21-41-39(42-22-29)48-17-13-30(14-18-48)49-33-20-32(31-5-3-4-6-34(31)50)44-45-36(33)38(40)46-49/h3-10,20-24,27,30,50H,11-19H2,1-2H3,(H2,40,46)/t24-/m0/s1. The Morgan fingerprint density at radius 1 is 0.962 bits per heavy atom. The summed E-state index contributed by atoms with van der Waals surface area (Å²) in [6.45, 7) is 7.24. The third-order valence-corrected chi connectivity index (χ3v) is 11.7. The molecule has 2 aliphatic rings. The number of hydrogen-bond donors (Lipinski definition) is 2. The van der Waals surface area contributed by atoms with Crippen molar-refractivity contribution >= 4 is 40.0 Å². The molecule has 0 radical (unpaired) electrons. The number of carbonyl (C=O) groups excluding carboxylic acids is 1. The number of nitrogen functional groups attached to an aromatic ring is 1. The normalized spacial score (nSPS) is 16.4. The van der Waals surface area contributed by atoms with E-state index in [0.29, 0.717) is 34.9 Å². The van der Waals surface area contributed by atoms with Gasteiger partial charge >= 0.3 is 0 Å². The number of piperidine rings is 2. The number of anilines is 2. The number of fused-ring (bicyclic) bond motifs is 1. The molecule has 0 spiro atoms. The minimum atomic E-state index is 0.131. The number of rotatable bonds is 8. The van der Waals surface area contributed by atoms with Gasteiger partial charge in [0, 0.05) is 50.6 Å². The molecule has 1 amide bonds. The zero-order chi connectivity index (χ0) is 35.8. The van der Waals surface area contributed by atoms with Crippen LogP contribution >= 0.6 is 11.3 Å². The Labute approximate surface area is 306 Å². The quantitative estimate of drug-likeness (QED) is 0.173. The molecule has 8 rings (SSSR count). The van der Waals surface area contributed by atoms with Crippen LogP contribution in [-0.2, 0) is 4.79 Å². The van der Waals surface area contributed by atoms with Crippen molar-refractivity contribution in [3.8, 4) is 27.4 Å². The molecular weight excluding hydrogens is 673 g/mol. The van der Waals surface area contributed by atoms with Crippen molar-refractivity contribution in [2.24, 2.45) is 0 Å². The topological polar surface area (TPSA) is 152 Å². The number of nitrogens with two attached hydrogens (primary N) is 1. The largest absolute Gasteiger partial charge is 0.507 e. The van der Waals surface area contributed by atoms with Crippen LogP contribution in [0.5, 0.6) is 5.75 Å². The highest BCUT2D eigenvalue weighted by atomic mass is 32.1. The van der Waals surface area contributed by atoms with E-state index in [0.717, 1.165) is 74.6 Å². The van der Waals surface area contributed by atoms with Gasteiger partial charge in [0.2, 0.25) is 11.9 Å². The van der Waals surface area contributed by atoms with E-state index in [2.05, 4.69) is 56.4 Å². The number of phenolic OH excluding ortho intramolecular Hbond substituents is 1. The van der Waals surface area contributed by atoms with E-state index in [9.17, 15) is 9.90 Å². The SMILES string of the molecule is Cc1ncsc1-c1ccc([C@@H](C)CC(=O)N2CCC(c3cnc(N4CCC(n5nc(N)c6nnc(-c7ccccc7O)cc65)CC4)nc3)CC2)cc1. The molecular formula is C39H42N10O2S. The maximum Gasteiger partial charge on any atom is 0.225 e. The molecule has 266 valence electrons. The molecule has 2 saturated heterocycles. The second kappa shape index (κ2) is 14.3. The van der Waals surface area contributed by atoms with Gasteiger partial charge in [0.25, 0.3) is 0 Å². The maximum atomic E-state index is 13.3. The van der Waals surface area contributed by atoms with Crippen LogP contribution in [0, 0.1) is 6.92 Å². The van der Waals surface area contributed by atoms with Crippen molar-refractivity contribution < 1.29 is 9.90 Å². The van der Waals surface area contributed by atoms with E-state index < -0.39 is 0 Å². The number of amides is 1. The molecule has 2 aromatic carbocycles. The van der Waals surface area contributed by atoms with Crippen LogP contribution in [0.2, 0.25) is 0 Å². The number of aryl methyl sites for hydroxylation is 1. The number of carbonyl (C=O) groups is 1. The summed E-state index contributed by atoms with van der Waals surface area (Å²) in [4.78, 5) is 32.6. The van der Waals surface area contributed by atoms with Crippen molar-refractivity contribution in [2.75, 3.05) is 36.8 Å². The molecule has 3 N–H and O–H groups in total. The minimum Gasteiger partial charge on any atom is -0.507 e. The molecule has 13 heteroatoms. The van der Waals surface area contributed by atoms with Crippen molar-refractivity contribution in [2.45, 2.75) is 63.8 Å². The Balaban J connectivity index is 0.838. The lowest BCUT2D eigenvalue weighted by Crippen LogP contribution is -2.38. The summed E-state index contributed by atoms with van der Waals surface area (Å²) in [5.74, 6) is 1.95.